The molecule has 25 heavy (non-hydrogen) atoms. The zero-order chi connectivity index (χ0) is 17.5. The summed E-state index contributed by atoms with van der Waals surface area (Å²) in [6.07, 6.45) is 2.33. The third-order valence-corrected chi connectivity index (χ3v) is 4.29. The molecule has 0 aromatic heterocycles. The third-order valence-electron chi connectivity index (χ3n) is 4.29. The van der Waals surface area contributed by atoms with Crippen LogP contribution >= 0.6 is 24.0 Å². The molecule has 6 nitrogen and oxygen atoms in total. The number of benzene rings is 1. The lowest BCUT2D eigenvalue weighted by Gasteiger charge is -2.31. The number of guanidine groups is 1. The lowest BCUT2D eigenvalue weighted by atomic mass is 10.00. The van der Waals surface area contributed by atoms with Gasteiger partial charge in [0.2, 0.25) is 0 Å². The molecule has 1 aliphatic heterocycles. The fourth-order valence-electron chi connectivity index (χ4n) is 2.52. The Morgan fingerprint density at radius 1 is 1.36 bits per heavy atom. The molecule has 2 rings (SSSR count). The molecule has 2 N–H and O–H groups in total. The van der Waals surface area contributed by atoms with E-state index in [4.69, 9.17) is 10.5 Å². The molecule has 1 saturated heterocycles. The minimum absolute atomic E-state index is 0. The van der Waals surface area contributed by atoms with Crippen LogP contribution in [0.25, 0.3) is 0 Å². The van der Waals surface area contributed by atoms with Crippen LogP contribution in [0.1, 0.15) is 25.3 Å². The molecular formula is C18H29IN4O2. The van der Waals surface area contributed by atoms with Gasteiger partial charge in [-0.1, -0.05) is 19.1 Å². The minimum Gasteiger partial charge on any atom is -0.484 e. The summed E-state index contributed by atoms with van der Waals surface area (Å²) in [5.41, 5.74) is 7.12. The standard InChI is InChI=1S/C18H28N4O2.HI/c1-14-7-9-22(10-8-14)18(19)20-12-15-5-4-6-16(11-15)24-13-17(23)21(2)3;/h4-6,11,14H,7-10,12-13H2,1-3H3,(H2,19,20);1H. The highest BCUT2D eigenvalue weighted by atomic mass is 127. The van der Waals surface area contributed by atoms with Crippen LogP contribution in [0.2, 0.25) is 0 Å². The van der Waals surface area contributed by atoms with E-state index in [0.29, 0.717) is 18.3 Å². The number of likely N-dealkylation sites (N-methyl/N-ethyl adjacent to an activating group) is 1. The molecular weight excluding hydrogens is 431 g/mol. The van der Waals surface area contributed by atoms with E-state index in [1.54, 1.807) is 14.1 Å². The van der Waals surface area contributed by atoms with Crippen LogP contribution in [0.5, 0.6) is 5.75 Å². The second-order valence-electron chi connectivity index (χ2n) is 6.57. The Morgan fingerprint density at radius 2 is 2.04 bits per heavy atom. The number of ether oxygens (including phenoxy) is 1. The van der Waals surface area contributed by atoms with Crippen LogP contribution in [0, 0.1) is 5.92 Å². The number of likely N-dealkylation sites (tertiary alicyclic amines) is 1. The average Bonchev–Trinajstić information content (AvgIpc) is 2.58. The number of halogens is 1. The van der Waals surface area contributed by atoms with E-state index in [0.717, 1.165) is 24.6 Å². The zero-order valence-electron chi connectivity index (χ0n) is 15.3. The van der Waals surface area contributed by atoms with E-state index in [9.17, 15) is 4.79 Å². The van der Waals surface area contributed by atoms with Gasteiger partial charge in [0.25, 0.3) is 5.91 Å². The predicted octanol–water partition coefficient (Wildman–Crippen LogP) is 2.32. The number of hydrogen-bond donors (Lipinski definition) is 1. The summed E-state index contributed by atoms with van der Waals surface area (Å²) in [4.78, 5) is 19.7. The average molecular weight is 460 g/mol. The molecule has 1 heterocycles. The monoisotopic (exact) mass is 460 g/mol. The molecule has 1 aliphatic rings. The van der Waals surface area contributed by atoms with Crippen LogP contribution in [0.15, 0.2) is 29.3 Å². The van der Waals surface area contributed by atoms with Gasteiger partial charge in [-0.25, -0.2) is 4.99 Å². The van der Waals surface area contributed by atoms with Crippen LogP contribution in [-0.2, 0) is 11.3 Å². The smallest absolute Gasteiger partial charge is 0.259 e. The van der Waals surface area contributed by atoms with Crippen molar-refractivity contribution in [1.82, 2.24) is 9.80 Å². The SMILES string of the molecule is CC1CCN(C(N)=NCc2cccc(OCC(=O)N(C)C)c2)CC1.I. The van der Waals surface area contributed by atoms with E-state index in [1.807, 2.05) is 24.3 Å². The second kappa shape index (κ2) is 10.5. The number of nitrogens with two attached hydrogens (primary N) is 1. The van der Waals surface area contributed by atoms with Gasteiger partial charge >= 0.3 is 0 Å². The number of carbonyl (C=O) groups excluding carboxylic acids is 1. The zero-order valence-corrected chi connectivity index (χ0v) is 17.6. The molecule has 0 spiro atoms. The summed E-state index contributed by atoms with van der Waals surface area (Å²) in [6, 6.07) is 7.62. The molecule has 0 unspecified atom stereocenters. The first-order valence-electron chi connectivity index (χ1n) is 8.42. The molecule has 0 aliphatic carbocycles. The van der Waals surface area contributed by atoms with Gasteiger partial charge in [0.05, 0.1) is 6.54 Å². The van der Waals surface area contributed by atoms with Crippen molar-refractivity contribution in [2.75, 3.05) is 33.8 Å². The number of rotatable bonds is 5. The highest BCUT2D eigenvalue weighted by Crippen LogP contribution is 2.17. The molecule has 0 atom stereocenters. The number of amides is 1. The number of piperidine rings is 1. The Morgan fingerprint density at radius 3 is 2.68 bits per heavy atom. The van der Waals surface area contributed by atoms with Crippen molar-refractivity contribution in [2.45, 2.75) is 26.3 Å². The Balaban J connectivity index is 0.00000312. The minimum atomic E-state index is -0.0676. The van der Waals surface area contributed by atoms with E-state index in [2.05, 4.69) is 16.8 Å². The normalized spacial score (nSPS) is 15.5. The van der Waals surface area contributed by atoms with E-state index >= 15 is 0 Å². The molecule has 7 heteroatoms. The third kappa shape index (κ3) is 7.09. The second-order valence-corrected chi connectivity index (χ2v) is 6.57. The van der Waals surface area contributed by atoms with Crippen LogP contribution in [0.4, 0.5) is 0 Å². The quantitative estimate of drug-likeness (QED) is 0.416. The van der Waals surface area contributed by atoms with E-state index < -0.39 is 0 Å². The summed E-state index contributed by atoms with van der Waals surface area (Å²) in [5, 5.41) is 0. The van der Waals surface area contributed by atoms with Gasteiger partial charge in [0, 0.05) is 27.2 Å². The molecule has 1 fully saturated rings. The largest absolute Gasteiger partial charge is 0.484 e. The van der Waals surface area contributed by atoms with Crippen molar-refractivity contribution in [1.29, 1.82) is 0 Å². The number of hydrogen-bond acceptors (Lipinski definition) is 3. The van der Waals surface area contributed by atoms with Gasteiger partial charge in [-0.15, -0.1) is 24.0 Å². The first kappa shape index (κ1) is 21.5. The first-order chi connectivity index (χ1) is 11.5. The summed E-state index contributed by atoms with van der Waals surface area (Å²) in [5.74, 6) is 1.98. The first-order valence-corrected chi connectivity index (χ1v) is 8.42. The lowest BCUT2D eigenvalue weighted by Crippen LogP contribution is -2.42. The highest BCUT2D eigenvalue weighted by Gasteiger charge is 2.16. The molecule has 0 saturated carbocycles. The molecule has 140 valence electrons. The molecule has 0 bridgehead atoms. The summed E-state index contributed by atoms with van der Waals surface area (Å²) < 4.78 is 5.52. The Hall–Kier alpha value is -1.51. The van der Waals surface area contributed by atoms with Crippen LogP contribution < -0.4 is 10.5 Å². The van der Waals surface area contributed by atoms with E-state index in [1.165, 1.54) is 17.7 Å². The number of carbonyl (C=O) groups is 1. The fraction of sp³-hybridized carbons (Fsp3) is 0.556. The predicted molar refractivity (Wildman–Crippen MR) is 111 cm³/mol. The topological polar surface area (TPSA) is 71.2 Å². The highest BCUT2D eigenvalue weighted by molar-refractivity contribution is 14.0. The number of aliphatic imine (C=N–C) groups is 1. The van der Waals surface area contributed by atoms with E-state index in [-0.39, 0.29) is 36.5 Å². The van der Waals surface area contributed by atoms with Gasteiger partial charge in [0.1, 0.15) is 5.75 Å². The fourth-order valence-corrected chi connectivity index (χ4v) is 2.52. The van der Waals surface area contributed by atoms with Crippen LogP contribution in [0.3, 0.4) is 0 Å². The van der Waals surface area contributed by atoms with Crippen molar-refractivity contribution >= 4 is 35.8 Å². The molecule has 1 aromatic rings. The van der Waals surface area contributed by atoms with Crippen molar-refractivity contribution in [3.8, 4) is 5.75 Å². The van der Waals surface area contributed by atoms with Gasteiger partial charge in [-0.2, -0.15) is 0 Å². The molecule has 1 amide bonds. The maximum absolute atomic E-state index is 11.6. The van der Waals surface area contributed by atoms with Crippen molar-refractivity contribution in [2.24, 2.45) is 16.6 Å². The maximum Gasteiger partial charge on any atom is 0.259 e. The van der Waals surface area contributed by atoms with Gasteiger partial charge in [-0.05, 0) is 36.5 Å². The summed E-state index contributed by atoms with van der Waals surface area (Å²) in [7, 11) is 3.42. The van der Waals surface area contributed by atoms with Crippen molar-refractivity contribution in [3.63, 3.8) is 0 Å². The molecule has 0 radical (unpaired) electrons. The van der Waals surface area contributed by atoms with Gasteiger partial charge in [0.15, 0.2) is 12.6 Å². The van der Waals surface area contributed by atoms with Crippen LogP contribution in [-0.4, -0.2) is 55.5 Å². The van der Waals surface area contributed by atoms with Gasteiger partial charge in [-0.3, -0.25) is 4.79 Å². The summed E-state index contributed by atoms with van der Waals surface area (Å²) in [6.45, 7) is 4.78. The molecule has 1 aromatic carbocycles. The summed E-state index contributed by atoms with van der Waals surface area (Å²) >= 11 is 0. The number of nitrogens with zero attached hydrogens (tertiary/aromatic N) is 3. The Bertz CT molecular complexity index is 584. The Labute approximate surface area is 167 Å². The van der Waals surface area contributed by atoms with Crippen molar-refractivity contribution in [3.05, 3.63) is 29.8 Å². The van der Waals surface area contributed by atoms with Gasteiger partial charge < -0.3 is 20.3 Å². The lowest BCUT2D eigenvalue weighted by molar-refractivity contribution is -0.130. The maximum atomic E-state index is 11.6. The Kier molecular flexibility index (Phi) is 9.02. The van der Waals surface area contributed by atoms with Crippen molar-refractivity contribution < 1.29 is 9.53 Å².